The summed E-state index contributed by atoms with van der Waals surface area (Å²) < 4.78 is 6.04. The van der Waals surface area contributed by atoms with E-state index in [1.54, 1.807) is 13.2 Å². The Bertz CT molecular complexity index is 1000. The van der Waals surface area contributed by atoms with E-state index in [0.717, 1.165) is 48.4 Å². The summed E-state index contributed by atoms with van der Waals surface area (Å²) in [6.45, 7) is 2.69. The molecule has 0 radical (unpaired) electrons. The lowest BCUT2D eigenvalue weighted by Gasteiger charge is -2.31. The van der Waals surface area contributed by atoms with Crippen LogP contribution in [0.15, 0.2) is 40.6 Å². The normalized spacial score (nSPS) is 14.3. The first kappa shape index (κ1) is 18.6. The first-order chi connectivity index (χ1) is 13.2. The van der Waals surface area contributed by atoms with Gasteiger partial charge in [0.2, 0.25) is 5.13 Å². The number of hydrogen-bond donors (Lipinski definition) is 0. The highest BCUT2D eigenvalue weighted by molar-refractivity contribution is 7.22. The lowest BCUT2D eigenvalue weighted by molar-refractivity contribution is 0.205. The summed E-state index contributed by atoms with van der Waals surface area (Å²) in [5.41, 5.74) is 4.17. The molecule has 0 N–H and O–H groups in total. The molecule has 0 fully saturated rings. The number of anilines is 1. The van der Waals surface area contributed by atoms with Gasteiger partial charge in [0.15, 0.2) is 0 Å². The molecule has 1 aromatic heterocycles. The van der Waals surface area contributed by atoms with Gasteiger partial charge in [0, 0.05) is 25.9 Å². The Kier molecular flexibility index (Phi) is 5.59. The second kappa shape index (κ2) is 8.10. The van der Waals surface area contributed by atoms with Crippen molar-refractivity contribution in [1.29, 1.82) is 0 Å². The fourth-order valence-electron chi connectivity index (χ4n) is 3.22. The van der Waals surface area contributed by atoms with E-state index in [0.29, 0.717) is 15.2 Å². The Labute approximate surface area is 171 Å². The van der Waals surface area contributed by atoms with E-state index in [-0.39, 0.29) is 0 Å². The first-order valence-electron chi connectivity index (χ1n) is 8.69. The van der Waals surface area contributed by atoms with Gasteiger partial charge in [-0.05, 0) is 48.7 Å². The van der Waals surface area contributed by atoms with Crippen LogP contribution in [0.25, 0.3) is 10.2 Å². The third-order valence-electron chi connectivity index (χ3n) is 4.53. The van der Waals surface area contributed by atoms with Crippen LogP contribution in [0.5, 0.6) is 0 Å². The molecule has 3 aromatic rings. The predicted molar refractivity (Wildman–Crippen MR) is 113 cm³/mol. The number of rotatable bonds is 5. The SMILES string of the molecule is COCCN1CCCc2cc(N=Nc3nc4ccc(Cl)c(Cl)c4s3)ccc21. The van der Waals surface area contributed by atoms with Crippen LogP contribution >= 0.6 is 34.5 Å². The van der Waals surface area contributed by atoms with Gasteiger partial charge in [-0.3, -0.25) is 0 Å². The fourth-order valence-corrected chi connectivity index (χ4v) is 4.54. The van der Waals surface area contributed by atoms with E-state index < -0.39 is 0 Å². The quantitative estimate of drug-likeness (QED) is 0.447. The van der Waals surface area contributed by atoms with Gasteiger partial charge in [-0.25, -0.2) is 4.98 Å². The van der Waals surface area contributed by atoms with Crippen LogP contribution in [-0.2, 0) is 11.2 Å². The molecule has 1 aliphatic rings. The van der Waals surface area contributed by atoms with Crippen LogP contribution in [0.4, 0.5) is 16.5 Å². The number of azo groups is 1. The number of thiazole rings is 1. The average Bonchev–Trinajstić information content (AvgIpc) is 3.11. The van der Waals surface area contributed by atoms with Gasteiger partial charge in [-0.2, -0.15) is 0 Å². The molecule has 0 atom stereocenters. The number of aryl methyl sites for hydroxylation is 1. The zero-order valence-corrected chi connectivity index (χ0v) is 17.1. The Balaban J connectivity index is 1.57. The van der Waals surface area contributed by atoms with Crippen LogP contribution in [0.1, 0.15) is 12.0 Å². The minimum atomic E-state index is 0.512. The minimum absolute atomic E-state index is 0.512. The summed E-state index contributed by atoms with van der Waals surface area (Å²) in [5.74, 6) is 0. The Morgan fingerprint density at radius 1 is 1.22 bits per heavy atom. The average molecular weight is 421 g/mol. The molecule has 27 heavy (non-hydrogen) atoms. The molecule has 0 saturated heterocycles. The van der Waals surface area contributed by atoms with Gasteiger partial charge in [-0.1, -0.05) is 34.5 Å². The summed E-state index contributed by atoms with van der Waals surface area (Å²) in [4.78, 5) is 6.82. The topological polar surface area (TPSA) is 50.1 Å². The van der Waals surface area contributed by atoms with Gasteiger partial charge < -0.3 is 9.64 Å². The lowest BCUT2D eigenvalue weighted by Crippen LogP contribution is -2.32. The second-order valence-electron chi connectivity index (χ2n) is 6.30. The number of aromatic nitrogens is 1. The summed E-state index contributed by atoms with van der Waals surface area (Å²) in [6.07, 6.45) is 2.19. The summed E-state index contributed by atoms with van der Waals surface area (Å²) >= 11 is 13.7. The number of benzene rings is 2. The summed E-state index contributed by atoms with van der Waals surface area (Å²) in [7, 11) is 1.73. The second-order valence-corrected chi connectivity index (χ2v) is 8.07. The van der Waals surface area contributed by atoms with Crippen LogP contribution < -0.4 is 4.90 Å². The van der Waals surface area contributed by atoms with E-state index in [4.69, 9.17) is 27.9 Å². The largest absolute Gasteiger partial charge is 0.383 e. The number of fused-ring (bicyclic) bond motifs is 2. The Hall–Kier alpha value is -1.73. The monoisotopic (exact) mass is 420 g/mol. The molecule has 2 heterocycles. The molecule has 5 nitrogen and oxygen atoms in total. The Morgan fingerprint density at radius 2 is 2.11 bits per heavy atom. The van der Waals surface area contributed by atoms with E-state index in [1.807, 2.05) is 12.1 Å². The molecule has 8 heteroatoms. The van der Waals surface area contributed by atoms with Gasteiger partial charge in [0.1, 0.15) is 0 Å². The highest BCUT2D eigenvalue weighted by Gasteiger charge is 2.17. The molecule has 0 spiro atoms. The Morgan fingerprint density at radius 3 is 2.96 bits per heavy atom. The van der Waals surface area contributed by atoms with Crippen LogP contribution in [0.2, 0.25) is 10.0 Å². The molecule has 140 valence electrons. The third kappa shape index (κ3) is 3.94. The van der Waals surface area contributed by atoms with E-state index in [1.165, 1.54) is 22.6 Å². The van der Waals surface area contributed by atoms with E-state index in [9.17, 15) is 0 Å². The number of ether oxygens (including phenoxy) is 1. The lowest BCUT2D eigenvalue weighted by atomic mass is 10.0. The van der Waals surface area contributed by atoms with Gasteiger partial charge >= 0.3 is 0 Å². The van der Waals surface area contributed by atoms with Crippen LogP contribution in [0.3, 0.4) is 0 Å². The fraction of sp³-hybridized carbons (Fsp3) is 0.316. The molecule has 0 amide bonds. The minimum Gasteiger partial charge on any atom is -0.383 e. The molecular weight excluding hydrogens is 403 g/mol. The molecular formula is C19H18Cl2N4OS. The smallest absolute Gasteiger partial charge is 0.231 e. The van der Waals surface area contributed by atoms with E-state index >= 15 is 0 Å². The van der Waals surface area contributed by atoms with Crippen LogP contribution in [0, 0.1) is 0 Å². The molecule has 1 aliphatic heterocycles. The summed E-state index contributed by atoms with van der Waals surface area (Å²) in [6, 6.07) is 9.80. The van der Waals surface area contributed by atoms with Crippen molar-refractivity contribution in [2.45, 2.75) is 12.8 Å². The molecule has 0 saturated carbocycles. The van der Waals surface area contributed by atoms with Crippen LogP contribution in [-0.4, -0.2) is 31.8 Å². The number of nitrogens with zero attached hydrogens (tertiary/aromatic N) is 4. The zero-order chi connectivity index (χ0) is 18.8. The highest BCUT2D eigenvalue weighted by atomic mass is 35.5. The van der Waals surface area contributed by atoms with E-state index in [2.05, 4.69) is 32.2 Å². The maximum atomic E-state index is 6.24. The highest BCUT2D eigenvalue weighted by Crippen LogP contribution is 2.38. The van der Waals surface area contributed by atoms with Crippen molar-refractivity contribution in [3.8, 4) is 0 Å². The van der Waals surface area contributed by atoms with Gasteiger partial charge in [0.25, 0.3) is 0 Å². The predicted octanol–water partition coefficient (Wildman–Crippen LogP) is 6.42. The van der Waals surface area contributed by atoms with Crippen molar-refractivity contribution in [3.05, 3.63) is 45.9 Å². The maximum absolute atomic E-state index is 6.24. The molecule has 0 aliphatic carbocycles. The number of halogens is 2. The molecule has 0 bridgehead atoms. The number of hydrogen-bond acceptors (Lipinski definition) is 6. The molecule has 2 aromatic carbocycles. The number of methoxy groups -OCH3 is 1. The van der Waals surface area contributed by atoms with Crippen molar-refractivity contribution >= 4 is 61.3 Å². The van der Waals surface area contributed by atoms with Crippen molar-refractivity contribution in [2.24, 2.45) is 10.2 Å². The van der Waals surface area contributed by atoms with Crippen molar-refractivity contribution in [2.75, 3.05) is 31.7 Å². The molecule has 4 rings (SSSR count). The summed E-state index contributed by atoms with van der Waals surface area (Å²) in [5, 5.41) is 10.3. The van der Waals surface area contributed by atoms with Gasteiger partial charge in [-0.15, -0.1) is 10.2 Å². The van der Waals surface area contributed by atoms with Crippen molar-refractivity contribution < 1.29 is 4.74 Å². The maximum Gasteiger partial charge on any atom is 0.231 e. The van der Waals surface area contributed by atoms with Gasteiger partial charge in [0.05, 0.1) is 32.6 Å². The zero-order valence-electron chi connectivity index (χ0n) is 14.8. The molecule has 0 unspecified atom stereocenters. The van der Waals surface area contributed by atoms with Crippen molar-refractivity contribution in [3.63, 3.8) is 0 Å². The third-order valence-corrected chi connectivity index (χ3v) is 6.42. The standard InChI is InChI=1S/C19H18Cl2N4OS/c1-26-10-9-25-8-2-3-12-11-13(4-7-16(12)25)23-24-19-22-15-6-5-14(20)17(21)18(15)27-19/h4-7,11H,2-3,8-10H2,1H3. The first-order valence-corrected chi connectivity index (χ1v) is 10.3. The van der Waals surface area contributed by atoms with Crippen molar-refractivity contribution in [1.82, 2.24) is 4.98 Å².